The van der Waals surface area contributed by atoms with Crippen LogP contribution in [0.1, 0.15) is 58.4 Å². The summed E-state index contributed by atoms with van der Waals surface area (Å²) in [7, 11) is 0. The van der Waals surface area contributed by atoms with E-state index < -0.39 is 0 Å². The smallest absolute Gasteiger partial charge is 0.119 e. The highest BCUT2D eigenvalue weighted by molar-refractivity contribution is 5.35. The highest BCUT2D eigenvalue weighted by Gasteiger charge is 2.52. The van der Waals surface area contributed by atoms with Crippen molar-refractivity contribution in [2.45, 2.75) is 58.9 Å². The van der Waals surface area contributed by atoms with Crippen LogP contribution in [0, 0.1) is 5.41 Å². The minimum Gasteiger partial charge on any atom is -0.494 e. The van der Waals surface area contributed by atoms with Gasteiger partial charge in [-0.1, -0.05) is 32.9 Å². The minimum atomic E-state index is 0.418. The molecule has 1 N–H and O–H groups in total. The predicted molar refractivity (Wildman–Crippen MR) is 85.4 cm³/mol. The van der Waals surface area contributed by atoms with Crippen LogP contribution in [0.2, 0.25) is 0 Å². The maximum Gasteiger partial charge on any atom is 0.119 e. The van der Waals surface area contributed by atoms with E-state index in [9.17, 15) is 0 Å². The first-order chi connectivity index (χ1) is 9.71. The first-order valence-electron chi connectivity index (χ1n) is 8.17. The van der Waals surface area contributed by atoms with Gasteiger partial charge < -0.3 is 10.1 Å². The zero-order chi connectivity index (χ0) is 14.6. The van der Waals surface area contributed by atoms with Gasteiger partial charge in [0.05, 0.1) is 6.61 Å². The molecule has 2 nitrogen and oxygen atoms in total. The van der Waals surface area contributed by atoms with Gasteiger partial charge >= 0.3 is 0 Å². The van der Waals surface area contributed by atoms with E-state index in [0.717, 1.165) is 18.9 Å². The molecule has 2 heteroatoms. The van der Waals surface area contributed by atoms with Gasteiger partial charge in [0, 0.05) is 6.04 Å². The van der Waals surface area contributed by atoms with Crippen LogP contribution in [0.3, 0.4) is 0 Å². The Kier molecular flexibility index (Phi) is 5.09. The summed E-state index contributed by atoms with van der Waals surface area (Å²) in [4.78, 5) is 0. The predicted octanol–water partition coefficient (Wildman–Crippen LogP) is 4.36. The molecule has 1 aliphatic carbocycles. The third-order valence-corrected chi connectivity index (χ3v) is 5.20. The van der Waals surface area contributed by atoms with E-state index >= 15 is 0 Å². The van der Waals surface area contributed by atoms with Gasteiger partial charge in [-0.05, 0) is 61.8 Å². The molecule has 1 aromatic rings. The average Bonchev–Trinajstić information content (AvgIpc) is 2.45. The highest BCUT2D eigenvalue weighted by atomic mass is 16.5. The number of ether oxygens (including phenoxy) is 1. The number of nitrogens with one attached hydrogen (secondary N) is 1. The molecule has 0 amide bonds. The van der Waals surface area contributed by atoms with Gasteiger partial charge in [-0.3, -0.25) is 0 Å². The molecule has 2 rings (SSSR count). The van der Waals surface area contributed by atoms with Gasteiger partial charge in [-0.15, -0.1) is 0 Å². The standard InChI is InChI=1S/C18H29NO/c1-5-18(6-2)16(13-17(18)19-7-3)14-10-9-11-15(12-14)20-8-4/h9-12,16-17,19H,5-8,13H2,1-4H3. The summed E-state index contributed by atoms with van der Waals surface area (Å²) in [6, 6.07) is 9.39. The van der Waals surface area contributed by atoms with Crippen molar-refractivity contribution in [2.75, 3.05) is 13.2 Å². The molecule has 0 heterocycles. The lowest BCUT2D eigenvalue weighted by Gasteiger charge is -2.56. The van der Waals surface area contributed by atoms with E-state index in [2.05, 4.69) is 50.4 Å². The summed E-state index contributed by atoms with van der Waals surface area (Å²) < 4.78 is 5.66. The van der Waals surface area contributed by atoms with Gasteiger partial charge in [-0.25, -0.2) is 0 Å². The van der Waals surface area contributed by atoms with Crippen molar-refractivity contribution in [3.8, 4) is 5.75 Å². The van der Waals surface area contributed by atoms with Gasteiger partial charge in [-0.2, -0.15) is 0 Å². The largest absolute Gasteiger partial charge is 0.494 e. The van der Waals surface area contributed by atoms with Gasteiger partial charge in [0.1, 0.15) is 5.75 Å². The fraction of sp³-hybridized carbons (Fsp3) is 0.667. The molecular formula is C18H29NO. The Morgan fingerprint density at radius 3 is 2.55 bits per heavy atom. The van der Waals surface area contributed by atoms with Crippen molar-refractivity contribution in [1.82, 2.24) is 5.32 Å². The van der Waals surface area contributed by atoms with Crippen LogP contribution >= 0.6 is 0 Å². The van der Waals surface area contributed by atoms with Crippen LogP contribution < -0.4 is 10.1 Å². The molecule has 20 heavy (non-hydrogen) atoms. The third kappa shape index (κ3) is 2.58. The highest BCUT2D eigenvalue weighted by Crippen LogP contribution is 2.57. The number of rotatable bonds is 7. The molecule has 2 unspecified atom stereocenters. The average molecular weight is 275 g/mol. The lowest BCUT2D eigenvalue weighted by Crippen LogP contribution is -2.58. The normalized spacial score (nSPS) is 24.2. The fourth-order valence-corrected chi connectivity index (χ4v) is 4.01. The van der Waals surface area contributed by atoms with Crippen LogP contribution in [0.4, 0.5) is 0 Å². The zero-order valence-corrected chi connectivity index (χ0v) is 13.4. The molecular weight excluding hydrogens is 246 g/mol. The molecule has 0 saturated heterocycles. The molecule has 0 spiro atoms. The van der Waals surface area contributed by atoms with Crippen molar-refractivity contribution in [3.05, 3.63) is 29.8 Å². The second-order valence-electron chi connectivity index (χ2n) is 5.84. The Labute approximate surface area is 123 Å². The molecule has 1 aromatic carbocycles. The van der Waals surface area contributed by atoms with E-state index in [-0.39, 0.29) is 0 Å². The molecule has 2 atom stereocenters. The summed E-state index contributed by atoms with van der Waals surface area (Å²) in [6.45, 7) is 10.7. The van der Waals surface area contributed by atoms with Crippen molar-refractivity contribution in [1.29, 1.82) is 0 Å². The van der Waals surface area contributed by atoms with Crippen LogP contribution in [0.25, 0.3) is 0 Å². The Bertz CT molecular complexity index is 425. The lowest BCUT2D eigenvalue weighted by atomic mass is 9.52. The quantitative estimate of drug-likeness (QED) is 0.798. The van der Waals surface area contributed by atoms with Crippen molar-refractivity contribution in [2.24, 2.45) is 5.41 Å². The van der Waals surface area contributed by atoms with E-state index in [1.165, 1.54) is 24.8 Å². The summed E-state index contributed by atoms with van der Waals surface area (Å²) in [5.41, 5.74) is 1.87. The summed E-state index contributed by atoms with van der Waals surface area (Å²) in [5, 5.41) is 3.68. The number of hydrogen-bond acceptors (Lipinski definition) is 2. The van der Waals surface area contributed by atoms with Gasteiger partial charge in [0.2, 0.25) is 0 Å². The fourth-order valence-electron chi connectivity index (χ4n) is 4.01. The lowest BCUT2D eigenvalue weighted by molar-refractivity contribution is 0.0209. The zero-order valence-electron chi connectivity index (χ0n) is 13.4. The molecule has 112 valence electrons. The van der Waals surface area contributed by atoms with Crippen molar-refractivity contribution in [3.63, 3.8) is 0 Å². The number of hydrogen-bond donors (Lipinski definition) is 1. The topological polar surface area (TPSA) is 21.3 Å². The second kappa shape index (κ2) is 6.62. The molecule has 0 aromatic heterocycles. The van der Waals surface area contributed by atoms with E-state index in [0.29, 0.717) is 17.4 Å². The molecule has 1 saturated carbocycles. The van der Waals surface area contributed by atoms with Gasteiger partial charge in [0.25, 0.3) is 0 Å². The number of benzene rings is 1. The van der Waals surface area contributed by atoms with E-state index in [4.69, 9.17) is 4.74 Å². The molecule has 0 radical (unpaired) electrons. The Balaban J connectivity index is 2.22. The Morgan fingerprint density at radius 1 is 1.20 bits per heavy atom. The van der Waals surface area contributed by atoms with Crippen LogP contribution in [-0.4, -0.2) is 19.2 Å². The summed E-state index contributed by atoms with van der Waals surface area (Å²) in [6.07, 6.45) is 3.74. The SMILES string of the molecule is CCNC1CC(c2cccc(OCC)c2)C1(CC)CC. The maximum absolute atomic E-state index is 5.66. The molecule has 1 aliphatic rings. The van der Waals surface area contributed by atoms with Crippen LogP contribution in [-0.2, 0) is 0 Å². The van der Waals surface area contributed by atoms with Gasteiger partial charge in [0.15, 0.2) is 0 Å². The molecule has 0 bridgehead atoms. The van der Waals surface area contributed by atoms with E-state index in [1.807, 2.05) is 6.92 Å². The monoisotopic (exact) mass is 275 g/mol. The Morgan fingerprint density at radius 2 is 1.95 bits per heavy atom. The minimum absolute atomic E-state index is 0.418. The summed E-state index contributed by atoms with van der Waals surface area (Å²) in [5.74, 6) is 1.68. The third-order valence-electron chi connectivity index (χ3n) is 5.20. The Hall–Kier alpha value is -1.02. The molecule has 1 fully saturated rings. The molecule has 0 aliphatic heterocycles. The van der Waals surface area contributed by atoms with Crippen LogP contribution in [0.5, 0.6) is 5.75 Å². The van der Waals surface area contributed by atoms with Crippen molar-refractivity contribution < 1.29 is 4.74 Å². The van der Waals surface area contributed by atoms with Crippen molar-refractivity contribution >= 4 is 0 Å². The van der Waals surface area contributed by atoms with Crippen LogP contribution in [0.15, 0.2) is 24.3 Å². The first kappa shape index (κ1) is 15.4. The van der Waals surface area contributed by atoms with E-state index in [1.54, 1.807) is 0 Å². The summed E-state index contributed by atoms with van der Waals surface area (Å²) >= 11 is 0. The first-order valence-corrected chi connectivity index (χ1v) is 8.17. The maximum atomic E-state index is 5.66. The second-order valence-corrected chi connectivity index (χ2v) is 5.84.